The predicted octanol–water partition coefficient (Wildman–Crippen LogP) is 4.90. The Hall–Kier alpha value is -3.34. The smallest absolute Gasteiger partial charge is 0.189 e. The molecule has 5 heteroatoms. The second kappa shape index (κ2) is 8.16. The van der Waals surface area contributed by atoms with E-state index >= 15 is 0 Å². The molecule has 132 valence electrons. The van der Waals surface area contributed by atoms with Crippen molar-refractivity contribution in [3.05, 3.63) is 89.6 Å². The van der Waals surface area contributed by atoms with Gasteiger partial charge in [0.15, 0.2) is 5.78 Å². The minimum absolute atomic E-state index is 0.178. The van der Waals surface area contributed by atoms with Crippen LogP contribution in [0.1, 0.15) is 21.9 Å². The molecule has 0 saturated carbocycles. The molecule has 3 aromatic rings. The average Bonchev–Trinajstić information content (AvgIpc) is 3.13. The van der Waals surface area contributed by atoms with Crippen molar-refractivity contribution in [3.63, 3.8) is 0 Å². The summed E-state index contributed by atoms with van der Waals surface area (Å²) >= 11 is 0. The molecule has 3 rings (SSSR count). The fraction of sp³-hybridized carbons (Fsp3) is 0.0952. The van der Waals surface area contributed by atoms with E-state index in [9.17, 15) is 9.18 Å². The lowest BCUT2D eigenvalue weighted by Crippen LogP contribution is -1.98. The summed E-state index contributed by atoms with van der Waals surface area (Å²) in [6.07, 6.45) is 3.03. The number of methoxy groups -OCH3 is 1. The average molecular weight is 352 g/mol. The fourth-order valence-corrected chi connectivity index (χ4v) is 2.34. The first-order valence-corrected chi connectivity index (χ1v) is 7.98. The summed E-state index contributed by atoms with van der Waals surface area (Å²) in [7, 11) is 1.52. The lowest BCUT2D eigenvalue weighted by atomic mass is 10.1. The number of ketones is 1. The zero-order valence-corrected chi connectivity index (χ0v) is 14.1. The molecule has 1 aromatic heterocycles. The lowest BCUT2D eigenvalue weighted by Gasteiger charge is -2.04. The Balaban J connectivity index is 1.61. The van der Waals surface area contributed by atoms with Gasteiger partial charge < -0.3 is 13.9 Å². The molecule has 2 aromatic carbocycles. The third-order valence-electron chi connectivity index (χ3n) is 3.65. The second-order valence-electron chi connectivity index (χ2n) is 5.44. The molecule has 0 aliphatic carbocycles. The maximum Gasteiger partial charge on any atom is 0.189 e. The van der Waals surface area contributed by atoms with Crippen LogP contribution in [-0.4, -0.2) is 12.9 Å². The summed E-state index contributed by atoms with van der Waals surface area (Å²) in [6.45, 7) is 0.208. The Morgan fingerprint density at radius 1 is 1.08 bits per heavy atom. The van der Waals surface area contributed by atoms with Crippen LogP contribution in [0.15, 0.2) is 71.2 Å². The standard InChI is InChI=1S/C21H17FO4/c1-24-21-5-3-2-4-19(21)20(23)13-12-17-10-11-18(26-17)14-25-16-8-6-15(22)7-9-16/h2-13H,14H2,1H3/b13-12+. The van der Waals surface area contributed by atoms with E-state index < -0.39 is 0 Å². The topological polar surface area (TPSA) is 48.7 Å². The Morgan fingerprint density at radius 3 is 2.62 bits per heavy atom. The monoisotopic (exact) mass is 352 g/mol. The molecule has 0 radical (unpaired) electrons. The van der Waals surface area contributed by atoms with Crippen molar-refractivity contribution in [1.29, 1.82) is 0 Å². The van der Waals surface area contributed by atoms with Gasteiger partial charge in [0.1, 0.15) is 35.4 Å². The molecule has 0 aliphatic heterocycles. The number of allylic oxidation sites excluding steroid dienone is 1. The highest BCUT2D eigenvalue weighted by Gasteiger charge is 2.08. The predicted molar refractivity (Wildman–Crippen MR) is 95.8 cm³/mol. The largest absolute Gasteiger partial charge is 0.496 e. The van der Waals surface area contributed by atoms with Gasteiger partial charge in [-0.25, -0.2) is 4.39 Å². The first-order valence-electron chi connectivity index (χ1n) is 7.98. The van der Waals surface area contributed by atoms with Crippen LogP contribution in [0.2, 0.25) is 0 Å². The van der Waals surface area contributed by atoms with Crippen molar-refractivity contribution in [2.24, 2.45) is 0 Å². The molecule has 0 spiro atoms. The summed E-state index contributed by atoms with van der Waals surface area (Å²) in [6, 6.07) is 16.3. The van der Waals surface area contributed by atoms with Crippen LogP contribution in [0.25, 0.3) is 6.08 Å². The van der Waals surface area contributed by atoms with E-state index in [1.54, 1.807) is 54.6 Å². The molecular formula is C21H17FO4. The van der Waals surface area contributed by atoms with Gasteiger partial charge in [-0.05, 0) is 60.7 Å². The number of hydrogen-bond donors (Lipinski definition) is 0. The van der Waals surface area contributed by atoms with Gasteiger partial charge in [0.25, 0.3) is 0 Å². The molecule has 0 atom stereocenters. The number of hydrogen-bond acceptors (Lipinski definition) is 4. The van der Waals surface area contributed by atoms with Gasteiger partial charge in [0.05, 0.1) is 12.7 Å². The first-order chi connectivity index (χ1) is 12.7. The van der Waals surface area contributed by atoms with Crippen LogP contribution in [0.3, 0.4) is 0 Å². The number of furan rings is 1. The molecular weight excluding hydrogens is 335 g/mol. The highest BCUT2D eigenvalue weighted by molar-refractivity contribution is 6.08. The van der Waals surface area contributed by atoms with Crippen molar-refractivity contribution in [2.45, 2.75) is 6.61 Å². The SMILES string of the molecule is COc1ccccc1C(=O)/C=C/c1ccc(COc2ccc(F)cc2)o1. The molecule has 0 bridgehead atoms. The molecule has 0 saturated heterocycles. The van der Waals surface area contributed by atoms with Crippen LogP contribution < -0.4 is 9.47 Å². The number of rotatable bonds is 7. The summed E-state index contributed by atoms with van der Waals surface area (Å²) in [4.78, 5) is 12.3. The van der Waals surface area contributed by atoms with E-state index in [0.717, 1.165) is 0 Å². The van der Waals surface area contributed by atoms with Crippen molar-refractivity contribution in [2.75, 3.05) is 7.11 Å². The van der Waals surface area contributed by atoms with E-state index in [4.69, 9.17) is 13.9 Å². The molecule has 0 N–H and O–H groups in total. The molecule has 1 heterocycles. The van der Waals surface area contributed by atoms with Crippen molar-refractivity contribution < 1.29 is 23.1 Å². The Morgan fingerprint density at radius 2 is 1.85 bits per heavy atom. The van der Waals surface area contributed by atoms with Gasteiger partial charge in [-0.1, -0.05) is 12.1 Å². The van der Waals surface area contributed by atoms with Crippen molar-refractivity contribution in [3.8, 4) is 11.5 Å². The number of benzene rings is 2. The maximum atomic E-state index is 12.9. The minimum atomic E-state index is -0.317. The van der Waals surface area contributed by atoms with Crippen LogP contribution in [0, 0.1) is 5.82 Å². The Labute approximate surface area is 150 Å². The van der Waals surface area contributed by atoms with E-state index in [0.29, 0.717) is 28.6 Å². The maximum absolute atomic E-state index is 12.9. The van der Waals surface area contributed by atoms with Gasteiger partial charge in [-0.3, -0.25) is 4.79 Å². The summed E-state index contributed by atoms with van der Waals surface area (Å²) in [5.74, 6) is 1.70. The molecule has 0 unspecified atom stereocenters. The summed E-state index contributed by atoms with van der Waals surface area (Å²) in [5, 5.41) is 0. The van der Waals surface area contributed by atoms with Crippen LogP contribution in [0.5, 0.6) is 11.5 Å². The minimum Gasteiger partial charge on any atom is -0.496 e. The van der Waals surface area contributed by atoms with Gasteiger partial charge in [-0.15, -0.1) is 0 Å². The highest BCUT2D eigenvalue weighted by Crippen LogP contribution is 2.19. The van der Waals surface area contributed by atoms with Crippen molar-refractivity contribution in [1.82, 2.24) is 0 Å². The zero-order chi connectivity index (χ0) is 18.4. The van der Waals surface area contributed by atoms with Gasteiger partial charge >= 0.3 is 0 Å². The highest BCUT2D eigenvalue weighted by atomic mass is 19.1. The normalized spacial score (nSPS) is 10.8. The number of halogens is 1. The fourth-order valence-electron chi connectivity index (χ4n) is 2.34. The number of carbonyl (C=O) groups is 1. The molecule has 26 heavy (non-hydrogen) atoms. The van der Waals surface area contributed by atoms with E-state index in [1.807, 2.05) is 0 Å². The molecule has 0 aliphatic rings. The number of ether oxygens (including phenoxy) is 2. The van der Waals surface area contributed by atoms with Crippen LogP contribution in [-0.2, 0) is 6.61 Å². The first kappa shape index (κ1) is 17.5. The molecule has 0 amide bonds. The second-order valence-corrected chi connectivity index (χ2v) is 5.44. The number of carbonyl (C=O) groups excluding carboxylic acids is 1. The van der Waals surface area contributed by atoms with Crippen LogP contribution in [0.4, 0.5) is 4.39 Å². The van der Waals surface area contributed by atoms with Gasteiger partial charge in [-0.2, -0.15) is 0 Å². The molecule has 4 nitrogen and oxygen atoms in total. The quantitative estimate of drug-likeness (QED) is 0.448. The zero-order valence-electron chi connectivity index (χ0n) is 14.1. The molecule has 0 fully saturated rings. The number of para-hydroxylation sites is 1. The van der Waals surface area contributed by atoms with Gasteiger partial charge in [0.2, 0.25) is 0 Å². The third kappa shape index (κ3) is 4.39. The van der Waals surface area contributed by atoms with E-state index in [-0.39, 0.29) is 18.2 Å². The summed E-state index contributed by atoms with van der Waals surface area (Å²) in [5.41, 5.74) is 0.484. The summed E-state index contributed by atoms with van der Waals surface area (Å²) < 4.78 is 29.2. The van der Waals surface area contributed by atoms with Gasteiger partial charge in [0, 0.05) is 0 Å². The third-order valence-corrected chi connectivity index (χ3v) is 3.65. The van der Waals surface area contributed by atoms with E-state index in [1.165, 1.54) is 25.3 Å². The van der Waals surface area contributed by atoms with E-state index in [2.05, 4.69) is 0 Å². The Kier molecular flexibility index (Phi) is 5.49. The Bertz CT molecular complexity index is 910. The van der Waals surface area contributed by atoms with Crippen LogP contribution >= 0.6 is 0 Å². The lowest BCUT2D eigenvalue weighted by molar-refractivity contribution is 0.104. The van der Waals surface area contributed by atoms with Crippen molar-refractivity contribution >= 4 is 11.9 Å².